The molecule has 3 heterocycles. The van der Waals surface area contributed by atoms with Gasteiger partial charge in [0.15, 0.2) is 5.82 Å². The zero-order chi connectivity index (χ0) is 23.7. The number of alkyl halides is 3. The lowest BCUT2D eigenvalue weighted by Gasteiger charge is -2.34. The number of hydrogen-bond acceptors (Lipinski definition) is 4. The van der Waals surface area contributed by atoms with Crippen molar-refractivity contribution in [1.82, 2.24) is 24.8 Å². The van der Waals surface area contributed by atoms with Gasteiger partial charge in [-0.3, -0.25) is 14.7 Å². The van der Waals surface area contributed by atoms with Gasteiger partial charge in [0.05, 0.1) is 16.6 Å². The highest BCUT2D eigenvalue weighted by Crippen LogP contribution is 2.29. The number of carbonyl (C=O) groups is 1. The molecule has 1 aliphatic rings. The molecule has 9 heteroatoms. The van der Waals surface area contributed by atoms with Gasteiger partial charge in [-0.25, -0.2) is 4.98 Å². The van der Waals surface area contributed by atoms with Crippen LogP contribution < -0.4 is 0 Å². The fourth-order valence-electron chi connectivity index (χ4n) is 4.11. The Labute approximate surface area is 194 Å². The maximum Gasteiger partial charge on any atom is 0.416 e. The van der Waals surface area contributed by atoms with E-state index in [-0.39, 0.29) is 5.91 Å². The van der Waals surface area contributed by atoms with Crippen LogP contribution >= 0.6 is 0 Å². The third-order valence-corrected chi connectivity index (χ3v) is 5.98. The molecule has 0 aliphatic carbocycles. The van der Waals surface area contributed by atoms with Crippen molar-refractivity contribution in [2.24, 2.45) is 0 Å². The van der Waals surface area contributed by atoms with Gasteiger partial charge in [0.1, 0.15) is 5.69 Å². The predicted molar refractivity (Wildman–Crippen MR) is 122 cm³/mol. The first-order valence-corrected chi connectivity index (χ1v) is 11.0. The minimum absolute atomic E-state index is 0.0570. The first-order chi connectivity index (χ1) is 16.4. The monoisotopic (exact) mass is 465 g/mol. The van der Waals surface area contributed by atoms with Gasteiger partial charge < -0.3 is 9.88 Å². The number of hydrogen-bond donors (Lipinski definition) is 1. The minimum atomic E-state index is -4.33. The Morgan fingerprint density at radius 1 is 0.971 bits per heavy atom. The number of nitrogens with zero attached hydrogens (tertiary/aromatic N) is 4. The number of nitrogens with one attached hydrogen (secondary N) is 1. The van der Waals surface area contributed by atoms with Crippen LogP contribution in [0.5, 0.6) is 0 Å². The van der Waals surface area contributed by atoms with Crippen LogP contribution in [0.3, 0.4) is 0 Å². The Hall–Kier alpha value is -3.72. The summed E-state index contributed by atoms with van der Waals surface area (Å²) in [6.45, 7) is 2.96. The number of halogens is 3. The van der Waals surface area contributed by atoms with Crippen LogP contribution in [0.2, 0.25) is 0 Å². The molecular weight excluding hydrogens is 443 g/mol. The second-order valence-electron chi connectivity index (χ2n) is 8.30. The van der Waals surface area contributed by atoms with Crippen LogP contribution in [0.4, 0.5) is 13.2 Å². The van der Waals surface area contributed by atoms with E-state index in [0.717, 1.165) is 28.9 Å². The van der Waals surface area contributed by atoms with Crippen molar-refractivity contribution in [3.8, 4) is 11.5 Å². The molecule has 1 fully saturated rings. The zero-order valence-corrected chi connectivity index (χ0v) is 18.2. The average molecular weight is 465 g/mol. The number of piperazine rings is 1. The van der Waals surface area contributed by atoms with E-state index in [1.165, 1.54) is 12.1 Å². The quantitative estimate of drug-likeness (QED) is 0.479. The summed E-state index contributed by atoms with van der Waals surface area (Å²) in [6.07, 6.45) is -2.63. The maximum absolute atomic E-state index is 13.1. The molecule has 0 saturated carbocycles. The highest BCUT2D eigenvalue weighted by atomic mass is 19.4. The van der Waals surface area contributed by atoms with Gasteiger partial charge >= 0.3 is 6.18 Å². The second-order valence-corrected chi connectivity index (χ2v) is 8.30. The molecule has 0 radical (unpaired) electrons. The van der Waals surface area contributed by atoms with Crippen molar-refractivity contribution in [1.29, 1.82) is 0 Å². The van der Waals surface area contributed by atoms with E-state index < -0.39 is 11.7 Å². The van der Waals surface area contributed by atoms with Gasteiger partial charge in [-0.05, 0) is 48.0 Å². The molecule has 2 aromatic heterocycles. The SMILES string of the molecule is O=C(c1ccc2[nH]c(-c3ccccn3)nc2c1)N1CCN(Cc2ccc(C(F)(F)F)cc2)CC1. The van der Waals surface area contributed by atoms with Crippen LogP contribution in [0.1, 0.15) is 21.5 Å². The molecule has 1 amide bonds. The van der Waals surface area contributed by atoms with Crippen LogP contribution in [-0.2, 0) is 12.7 Å². The topological polar surface area (TPSA) is 65.1 Å². The Morgan fingerprint density at radius 2 is 1.74 bits per heavy atom. The van der Waals surface area contributed by atoms with Crippen LogP contribution in [0.25, 0.3) is 22.6 Å². The number of benzene rings is 2. The van der Waals surface area contributed by atoms with Gasteiger partial charge in [-0.1, -0.05) is 18.2 Å². The lowest BCUT2D eigenvalue weighted by molar-refractivity contribution is -0.137. The maximum atomic E-state index is 13.1. The van der Waals surface area contributed by atoms with Gasteiger partial charge in [-0.15, -0.1) is 0 Å². The normalized spacial score (nSPS) is 15.1. The summed E-state index contributed by atoms with van der Waals surface area (Å²) in [6, 6.07) is 16.3. The standard InChI is InChI=1S/C25H22F3N5O/c26-25(27,28)19-7-4-17(5-8-19)16-32-11-13-33(14-12-32)24(34)18-6-9-20-22(15-18)31-23(30-20)21-3-1-2-10-29-21/h1-10,15H,11-14,16H2,(H,30,31). The molecule has 34 heavy (non-hydrogen) atoms. The van der Waals surface area contributed by atoms with Crippen molar-refractivity contribution in [3.05, 3.63) is 83.6 Å². The lowest BCUT2D eigenvalue weighted by atomic mass is 10.1. The number of carbonyl (C=O) groups excluding carboxylic acids is 1. The molecule has 5 rings (SSSR count). The summed E-state index contributed by atoms with van der Waals surface area (Å²) >= 11 is 0. The third kappa shape index (κ3) is 4.65. The molecule has 0 bridgehead atoms. The fraction of sp³-hybridized carbons (Fsp3) is 0.240. The molecule has 4 aromatic rings. The first-order valence-electron chi connectivity index (χ1n) is 11.0. The molecule has 1 saturated heterocycles. The van der Waals surface area contributed by atoms with Crippen molar-refractivity contribution in [2.45, 2.75) is 12.7 Å². The number of aromatic nitrogens is 3. The number of H-pyrrole nitrogens is 1. The highest BCUT2D eigenvalue weighted by Gasteiger charge is 2.30. The fourth-order valence-corrected chi connectivity index (χ4v) is 4.11. The smallest absolute Gasteiger partial charge is 0.337 e. The van der Waals surface area contributed by atoms with Crippen LogP contribution in [0.15, 0.2) is 66.9 Å². The summed E-state index contributed by atoms with van der Waals surface area (Å²) in [7, 11) is 0. The van der Waals surface area contributed by atoms with E-state index in [0.29, 0.717) is 49.6 Å². The average Bonchev–Trinajstić information content (AvgIpc) is 3.28. The summed E-state index contributed by atoms with van der Waals surface area (Å²) in [5, 5.41) is 0. The summed E-state index contributed by atoms with van der Waals surface area (Å²) in [4.78, 5) is 29.1. The molecule has 1 N–H and O–H groups in total. The molecule has 0 unspecified atom stereocenters. The molecule has 1 aliphatic heterocycles. The van der Waals surface area contributed by atoms with Crippen molar-refractivity contribution < 1.29 is 18.0 Å². The molecule has 0 atom stereocenters. The second kappa shape index (κ2) is 8.90. The minimum Gasteiger partial charge on any atom is -0.337 e. The highest BCUT2D eigenvalue weighted by molar-refractivity contribution is 5.97. The number of pyridine rings is 1. The van der Waals surface area contributed by atoms with Crippen LogP contribution in [-0.4, -0.2) is 56.8 Å². The largest absolute Gasteiger partial charge is 0.416 e. The molecular formula is C25H22F3N5O. The summed E-state index contributed by atoms with van der Waals surface area (Å²) in [5.74, 6) is 0.593. The number of fused-ring (bicyclic) bond motifs is 1. The van der Waals surface area contributed by atoms with E-state index >= 15 is 0 Å². The summed E-state index contributed by atoms with van der Waals surface area (Å²) < 4.78 is 38.2. The van der Waals surface area contributed by atoms with E-state index in [4.69, 9.17) is 0 Å². The third-order valence-electron chi connectivity index (χ3n) is 5.98. The van der Waals surface area contributed by atoms with Gasteiger partial charge in [0, 0.05) is 44.5 Å². The Morgan fingerprint density at radius 3 is 2.41 bits per heavy atom. The van der Waals surface area contributed by atoms with E-state index in [1.54, 1.807) is 23.2 Å². The number of aromatic amines is 1. The molecule has 2 aromatic carbocycles. The first kappa shape index (κ1) is 22.1. The van der Waals surface area contributed by atoms with Crippen molar-refractivity contribution in [2.75, 3.05) is 26.2 Å². The molecule has 0 spiro atoms. The van der Waals surface area contributed by atoms with E-state index in [9.17, 15) is 18.0 Å². The number of amides is 1. The van der Waals surface area contributed by atoms with Gasteiger partial charge in [0.25, 0.3) is 5.91 Å². The van der Waals surface area contributed by atoms with E-state index in [1.807, 2.05) is 24.3 Å². The van der Waals surface area contributed by atoms with Gasteiger partial charge in [0.2, 0.25) is 0 Å². The van der Waals surface area contributed by atoms with Crippen molar-refractivity contribution >= 4 is 16.9 Å². The Bertz CT molecular complexity index is 1290. The van der Waals surface area contributed by atoms with E-state index in [2.05, 4.69) is 19.9 Å². The Balaban J connectivity index is 1.21. The molecule has 174 valence electrons. The predicted octanol–water partition coefficient (Wildman–Crippen LogP) is 4.60. The molecule has 6 nitrogen and oxygen atoms in total. The lowest BCUT2D eigenvalue weighted by Crippen LogP contribution is -2.48. The summed E-state index contributed by atoms with van der Waals surface area (Å²) in [5.41, 5.74) is 3.01. The van der Waals surface area contributed by atoms with Gasteiger partial charge in [-0.2, -0.15) is 13.2 Å². The Kier molecular flexibility index (Phi) is 5.79. The zero-order valence-electron chi connectivity index (χ0n) is 18.2. The number of imidazole rings is 1. The number of rotatable bonds is 4. The van der Waals surface area contributed by atoms with Crippen LogP contribution in [0, 0.1) is 0 Å². The van der Waals surface area contributed by atoms with Crippen molar-refractivity contribution in [3.63, 3.8) is 0 Å².